The molecule has 1 spiro atoms. The summed E-state index contributed by atoms with van der Waals surface area (Å²) in [5.74, 6) is 0.0362. The zero-order valence-electron chi connectivity index (χ0n) is 11.2. The largest absolute Gasteiger partial charge is 0.469 e. The molecule has 3 aliphatic rings. The number of ketones is 1. The Bertz CT molecular complexity index is 447. The van der Waals surface area contributed by atoms with Crippen molar-refractivity contribution in [1.82, 2.24) is 4.90 Å². The molecule has 3 atom stereocenters. The van der Waals surface area contributed by atoms with E-state index in [2.05, 4.69) is 0 Å². The molecule has 0 aromatic heterocycles. The van der Waals surface area contributed by atoms with Gasteiger partial charge in [-0.3, -0.25) is 14.4 Å². The molecule has 3 fully saturated rings. The van der Waals surface area contributed by atoms with Gasteiger partial charge in [0.1, 0.15) is 5.78 Å². The van der Waals surface area contributed by atoms with Crippen LogP contribution in [-0.4, -0.2) is 41.8 Å². The van der Waals surface area contributed by atoms with E-state index >= 15 is 0 Å². The summed E-state index contributed by atoms with van der Waals surface area (Å²) in [5, 5.41) is 0. The molecule has 0 N–H and O–H groups in total. The summed E-state index contributed by atoms with van der Waals surface area (Å²) >= 11 is 0. The molecule has 2 saturated heterocycles. The molecule has 2 aliphatic heterocycles. The molecular formula is C14H19NO4. The first-order valence-corrected chi connectivity index (χ1v) is 6.96. The summed E-state index contributed by atoms with van der Waals surface area (Å²) in [4.78, 5) is 37.5. The predicted octanol–water partition coefficient (Wildman–Crippen LogP) is 0.910. The Hall–Kier alpha value is -1.39. The van der Waals surface area contributed by atoms with Gasteiger partial charge in [-0.1, -0.05) is 0 Å². The number of hydrogen-bond donors (Lipinski definition) is 0. The summed E-state index contributed by atoms with van der Waals surface area (Å²) in [6.45, 7) is 0.546. The highest BCUT2D eigenvalue weighted by Crippen LogP contribution is 2.49. The highest BCUT2D eigenvalue weighted by molar-refractivity contribution is 5.86. The third-order valence-corrected chi connectivity index (χ3v) is 5.17. The molecular weight excluding hydrogens is 246 g/mol. The topological polar surface area (TPSA) is 63.7 Å². The maximum Gasteiger partial charge on any atom is 0.305 e. The SMILES string of the molecule is COC(=O)C[C@@H]1CN2C(=O)CC[C@]23CCC(=O)C1C3. The number of Topliss-reactive ketones (excluding diaryl/α,β-unsaturated/α-hetero) is 1. The minimum atomic E-state index is -0.289. The van der Waals surface area contributed by atoms with Gasteiger partial charge in [0.25, 0.3) is 0 Å². The summed E-state index contributed by atoms with van der Waals surface area (Å²) in [7, 11) is 1.36. The van der Waals surface area contributed by atoms with Gasteiger partial charge < -0.3 is 9.64 Å². The molecule has 0 aromatic carbocycles. The number of hydrogen-bond acceptors (Lipinski definition) is 4. The van der Waals surface area contributed by atoms with Gasteiger partial charge in [-0.15, -0.1) is 0 Å². The number of carbonyl (C=O) groups is 3. The normalized spacial score (nSPS) is 37.2. The van der Waals surface area contributed by atoms with Crippen molar-refractivity contribution in [2.75, 3.05) is 13.7 Å². The summed E-state index contributed by atoms with van der Waals surface area (Å²) in [5.41, 5.74) is -0.0811. The second-order valence-corrected chi connectivity index (χ2v) is 6.05. The molecule has 5 nitrogen and oxygen atoms in total. The standard InChI is InChI=1S/C14H19NO4/c1-19-13(18)6-9-8-15-12(17)3-5-14(15)4-2-11(16)10(9)7-14/h9-10H,2-8H2,1H3/t9-,10?,14+/m1/s1. The van der Waals surface area contributed by atoms with Crippen LogP contribution in [0.2, 0.25) is 0 Å². The van der Waals surface area contributed by atoms with Crippen molar-refractivity contribution in [1.29, 1.82) is 0 Å². The van der Waals surface area contributed by atoms with Crippen LogP contribution in [0.1, 0.15) is 38.5 Å². The number of methoxy groups -OCH3 is 1. The molecule has 1 unspecified atom stereocenters. The first-order valence-electron chi connectivity index (χ1n) is 6.96. The van der Waals surface area contributed by atoms with Crippen molar-refractivity contribution in [3.8, 4) is 0 Å². The lowest BCUT2D eigenvalue weighted by molar-refractivity contribution is -0.152. The van der Waals surface area contributed by atoms with Crippen LogP contribution < -0.4 is 0 Å². The van der Waals surface area contributed by atoms with Gasteiger partial charge in [0.15, 0.2) is 0 Å². The number of carbonyl (C=O) groups excluding carboxylic acids is 3. The van der Waals surface area contributed by atoms with E-state index in [4.69, 9.17) is 4.74 Å². The van der Waals surface area contributed by atoms with Crippen molar-refractivity contribution < 1.29 is 19.1 Å². The Morgan fingerprint density at radius 2 is 2.11 bits per heavy atom. The van der Waals surface area contributed by atoms with Crippen LogP contribution in [0.4, 0.5) is 0 Å². The quantitative estimate of drug-likeness (QED) is 0.696. The summed E-state index contributed by atoms with van der Waals surface area (Å²) in [6, 6.07) is 0. The minimum Gasteiger partial charge on any atom is -0.469 e. The lowest BCUT2D eigenvalue weighted by Gasteiger charge is -2.51. The van der Waals surface area contributed by atoms with Crippen molar-refractivity contribution >= 4 is 17.7 Å². The van der Waals surface area contributed by atoms with Gasteiger partial charge in [0.05, 0.1) is 13.5 Å². The van der Waals surface area contributed by atoms with E-state index in [1.807, 2.05) is 4.90 Å². The number of esters is 1. The Balaban J connectivity index is 1.85. The van der Waals surface area contributed by atoms with Crippen LogP contribution in [0.25, 0.3) is 0 Å². The van der Waals surface area contributed by atoms with Crippen LogP contribution in [-0.2, 0) is 19.1 Å². The highest BCUT2D eigenvalue weighted by atomic mass is 16.5. The van der Waals surface area contributed by atoms with E-state index in [1.54, 1.807) is 0 Å². The van der Waals surface area contributed by atoms with Crippen LogP contribution in [0, 0.1) is 11.8 Å². The van der Waals surface area contributed by atoms with Gasteiger partial charge in [0, 0.05) is 30.8 Å². The Morgan fingerprint density at radius 1 is 1.37 bits per heavy atom. The van der Waals surface area contributed by atoms with E-state index in [1.165, 1.54) is 7.11 Å². The zero-order chi connectivity index (χ0) is 13.6. The van der Waals surface area contributed by atoms with E-state index in [0.29, 0.717) is 19.4 Å². The minimum absolute atomic E-state index is 0.0598. The summed E-state index contributed by atoms with van der Waals surface area (Å²) in [6.07, 6.45) is 3.81. The zero-order valence-corrected chi connectivity index (χ0v) is 11.2. The predicted molar refractivity (Wildman–Crippen MR) is 66.1 cm³/mol. The number of amides is 1. The monoisotopic (exact) mass is 265 g/mol. The molecule has 2 bridgehead atoms. The molecule has 5 heteroatoms. The molecule has 19 heavy (non-hydrogen) atoms. The maximum atomic E-state index is 12.1. The fourth-order valence-corrected chi connectivity index (χ4v) is 4.10. The van der Waals surface area contributed by atoms with Crippen LogP contribution in [0.15, 0.2) is 0 Å². The first kappa shape index (κ1) is 12.6. The van der Waals surface area contributed by atoms with Crippen LogP contribution in [0.3, 0.4) is 0 Å². The van der Waals surface area contributed by atoms with Gasteiger partial charge in [-0.05, 0) is 25.2 Å². The van der Waals surface area contributed by atoms with Gasteiger partial charge in [-0.25, -0.2) is 0 Å². The number of piperidine rings is 1. The van der Waals surface area contributed by atoms with Crippen molar-refractivity contribution in [2.24, 2.45) is 11.8 Å². The number of nitrogens with zero attached hydrogens (tertiary/aromatic N) is 1. The smallest absolute Gasteiger partial charge is 0.305 e. The fraction of sp³-hybridized carbons (Fsp3) is 0.786. The van der Waals surface area contributed by atoms with E-state index in [-0.39, 0.29) is 41.5 Å². The van der Waals surface area contributed by atoms with Crippen molar-refractivity contribution in [3.05, 3.63) is 0 Å². The Labute approximate surface area is 112 Å². The highest BCUT2D eigenvalue weighted by Gasteiger charge is 2.55. The Morgan fingerprint density at radius 3 is 2.84 bits per heavy atom. The lowest BCUT2D eigenvalue weighted by Crippen LogP contribution is -2.59. The Kier molecular flexibility index (Phi) is 2.87. The number of ether oxygens (including phenoxy) is 1. The number of rotatable bonds is 2. The third-order valence-electron chi connectivity index (χ3n) is 5.17. The second-order valence-electron chi connectivity index (χ2n) is 6.05. The first-order chi connectivity index (χ1) is 9.05. The van der Waals surface area contributed by atoms with Gasteiger partial charge in [-0.2, -0.15) is 0 Å². The lowest BCUT2D eigenvalue weighted by atomic mass is 9.65. The van der Waals surface area contributed by atoms with Gasteiger partial charge in [0.2, 0.25) is 5.91 Å². The third kappa shape index (κ3) is 1.86. The molecule has 0 radical (unpaired) electrons. The van der Waals surface area contributed by atoms with Gasteiger partial charge >= 0.3 is 5.97 Å². The molecule has 1 aliphatic carbocycles. The number of fused-ring (bicyclic) bond motifs is 1. The summed E-state index contributed by atoms with van der Waals surface area (Å²) < 4.78 is 4.71. The maximum absolute atomic E-state index is 12.1. The molecule has 0 aromatic rings. The average Bonchev–Trinajstić information content (AvgIpc) is 2.72. The van der Waals surface area contributed by atoms with E-state index in [9.17, 15) is 14.4 Å². The van der Waals surface area contributed by atoms with E-state index in [0.717, 1.165) is 19.3 Å². The van der Waals surface area contributed by atoms with Crippen molar-refractivity contribution in [3.63, 3.8) is 0 Å². The average molecular weight is 265 g/mol. The van der Waals surface area contributed by atoms with E-state index < -0.39 is 0 Å². The molecule has 2 heterocycles. The molecule has 1 saturated carbocycles. The van der Waals surface area contributed by atoms with Crippen molar-refractivity contribution in [2.45, 2.75) is 44.1 Å². The molecule has 104 valence electrons. The van der Waals surface area contributed by atoms with Crippen LogP contribution in [0.5, 0.6) is 0 Å². The van der Waals surface area contributed by atoms with Crippen LogP contribution >= 0.6 is 0 Å². The second kappa shape index (κ2) is 4.32. The molecule has 3 rings (SSSR count). The fourth-order valence-electron chi connectivity index (χ4n) is 4.10. The molecule has 1 amide bonds.